The maximum Gasteiger partial charge on any atom is 0.250 e. The van der Waals surface area contributed by atoms with Gasteiger partial charge >= 0.3 is 0 Å². The molecule has 0 saturated carbocycles. The Labute approximate surface area is 193 Å². The average molecular weight is 457 g/mol. The molecule has 0 amide bonds. The number of nitrogens with one attached hydrogen (secondary N) is 1. The van der Waals surface area contributed by atoms with Crippen LogP contribution in [0.3, 0.4) is 0 Å². The second-order valence-corrected chi connectivity index (χ2v) is 8.38. The standard InChI is InChI=1S/C24H20N6O2S/c1-25-11-16-2-4-17(5-3-16)19-10-22(32-29-19)21-13-26-12-20(28-21)18-6-7-24(31)30(14-18)15-23-27-8-9-33-23/h2-10,12-14,25H,11,15H2,1H3. The number of hydrogen-bond donors (Lipinski definition) is 1. The van der Waals surface area contributed by atoms with E-state index >= 15 is 0 Å². The fraction of sp³-hybridized carbons (Fsp3) is 0.125. The van der Waals surface area contributed by atoms with Crippen LogP contribution in [0.2, 0.25) is 0 Å². The third kappa shape index (κ3) is 4.64. The van der Waals surface area contributed by atoms with Gasteiger partial charge in [-0.15, -0.1) is 11.3 Å². The van der Waals surface area contributed by atoms with Crippen molar-refractivity contribution in [2.75, 3.05) is 7.05 Å². The number of benzene rings is 1. The molecule has 0 aliphatic carbocycles. The number of rotatable bonds is 7. The summed E-state index contributed by atoms with van der Waals surface area (Å²) in [6.07, 6.45) is 6.80. The highest BCUT2D eigenvalue weighted by Gasteiger charge is 2.12. The van der Waals surface area contributed by atoms with Crippen molar-refractivity contribution < 1.29 is 4.52 Å². The first-order valence-corrected chi connectivity index (χ1v) is 11.2. The van der Waals surface area contributed by atoms with Crippen LogP contribution in [0, 0.1) is 0 Å². The van der Waals surface area contributed by atoms with Crippen molar-refractivity contribution in [3.05, 3.63) is 93.6 Å². The van der Waals surface area contributed by atoms with Gasteiger partial charge in [-0.3, -0.25) is 9.78 Å². The predicted molar refractivity (Wildman–Crippen MR) is 127 cm³/mol. The molecule has 1 aromatic carbocycles. The molecule has 0 spiro atoms. The Morgan fingerprint density at radius 2 is 1.85 bits per heavy atom. The van der Waals surface area contributed by atoms with Gasteiger partial charge in [-0.1, -0.05) is 29.4 Å². The lowest BCUT2D eigenvalue weighted by Gasteiger charge is -2.07. The summed E-state index contributed by atoms with van der Waals surface area (Å²) in [6, 6.07) is 13.3. The summed E-state index contributed by atoms with van der Waals surface area (Å²) >= 11 is 1.51. The van der Waals surface area contributed by atoms with Crippen LogP contribution in [-0.2, 0) is 13.1 Å². The fourth-order valence-electron chi connectivity index (χ4n) is 3.44. The van der Waals surface area contributed by atoms with E-state index in [1.54, 1.807) is 35.4 Å². The van der Waals surface area contributed by atoms with Gasteiger partial charge in [0.05, 0.1) is 24.6 Å². The molecule has 4 heterocycles. The van der Waals surface area contributed by atoms with Crippen molar-refractivity contribution in [1.82, 2.24) is 30.0 Å². The fourth-order valence-corrected chi connectivity index (χ4v) is 4.05. The monoisotopic (exact) mass is 456 g/mol. The molecule has 5 rings (SSSR count). The molecule has 0 radical (unpaired) electrons. The predicted octanol–water partition coefficient (Wildman–Crippen LogP) is 3.85. The minimum atomic E-state index is -0.0984. The van der Waals surface area contributed by atoms with Crippen molar-refractivity contribution in [3.63, 3.8) is 0 Å². The molecule has 33 heavy (non-hydrogen) atoms. The lowest BCUT2D eigenvalue weighted by atomic mass is 10.1. The highest BCUT2D eigenvalue weighted by atomic mass is 32.1. The Hall–Kier alpha value is -3.95. The number of pyridine rings is 1. The summed E-state index contributed by atoms with van der Waals surface area (Å²) in [4.78, 5) is 25.6. The number of hydrogen-bond acceptors (Lipinski definition) is 8. The van der Waals surface area contributed by atoms with Gasteiger partial charge in [0.15, 0.2) is 5.76 Å². The maximum atomic E-state index is 12.3. The Morgan fingerprint density at radius 1 is 1.03 bits per heavy atom. The van der Waals surface area contributed by atoms with Crippen LogP contribution in [0.1, 0.15) is 10.6 Å². The molecule has 0 fully saturated rings. The van der Waals surface area contributed by atoms with Crippen LogP contribution in [0.15, 0.2) is 81.9 Å². The van der Waals surface area contributed by atoms with Crippen molar-refractivity contribution in [2.24, 2.45) is 0 Å². The Morgan fingerprint density at radius 3 is 2.64 bits per heavy atom. The van der Waals surface area contributed by atoms with Gasteiger partial charge in [0.2, 0.25) is 0 Å². The summed E-state index contributed by atoms with van der Waals surface area (Å²) in [5.74, 6) is 0.523. The average Bonchev–Trinajstić information content (AvgIpc) is 3.54. The smallest absolute Gasteiger partial charge is 0.250 e. The quantitative estimate of drug-likeness (QED) is 0.397. The van der Waals surface area contributed by atoms with E-state index < -0.39 is 0 Å². The zero-order valence-corrected chi connectivity index (χ0v) is 18.6. The molecule has 0 aliphatic rings. The lowest BCUT2D eigenvalue weighted by molar-refractivity contribution is 0.433. The first-order valence-electron chi connectivity index (χ1n) is 10.3. The van der Waals surface area contributed by atoms with E-state index in [0.29, 0.717) is 23.7 Å². The first-order chi connectivity index (χ1) is 16.2. The lowest BCUT2D eigenvalue weighted by Crippen LogP contribution is -2.19. The molecular formula is C24H20N6O2S. The van der Waals surface area contributed by atoms with Gasteiger partial charge in [0.25, 0.3) is 5.56 Å². The molecule has 1 N–H and O–H groups in total. The van der Waals surface area contributed by atoms with Crippen molar-refractivity contribution >= 4 is 11.3 Å². The largest absolute Gasteiger partial charge is 0.354 e. The number of nitrogens with zero attached hydrogens (tertiary/aromatic N) is 5. The Balaban J connectivity index is 1.42. The SMILES string of the molecule is CNCc1ccc(-c2cc(-c3cncc(-c4ccc(=O)n(Cc5nccs5)c4)n3)on2)cc1. The highest BCUT2D eigenvalue weighted by molar-refractivity contribution is 7.09. The molecular weight excluding hydrogens is 436 g/mol. The van der Waals surface area contributed by atoms with E-state index in [9.17, 15) is 4.79 Å². The minimum Gasteiger partial charge on any atom is -0.354 e. The minimum absolute atomic E-state index is 0.0984. The summed E-state index contributed by atoms with van der Waals surface area (Å²) < 4.78 is 7.18. The molecule has 0 unspecified atom stereocenters. The first kappa shape index (κ1) is 20.9. The maximum absolute atomic E-state index is 12.3. The summed E-state index contributed by atoms with van der Waals surface area (Å²) in [5, 5.41) is 10.1. The van der Waals surface area contributed by atoms with Crippen LogP contribution < -0.4 is 10.9 Å². The van der Waals surface area contributed by atoms with Crippen molar-refractivity contribution in [2.45, 2.75) is 13.1 Å². The van der Waals surface area contributed by atoms with Crippen LogP contribution in [0.4, 0.5) is 0 Å². The summed E-state index contributed by atoms with van der Waals surface area (Å²) in [6.45, 7) is 1.22. The highest BCUT2D eigenvalue weighted by Crippen LogP contribution is 2.26. The van der Waals surface area contributed by atoms with E-state index in [2.05, 4.69) is 32.6 Å². The van der Waals surface area contributed by atoms with Gasteiger partial charge in [-0.25, -0.2) is 9.97 Å². The molecule has 0 atom stereocenters. The zero-order valence-electron chi connectivity index (χ0n) is 17.8. The van der Waals surface area contributed by atoms with Gasteiger partial charge < -0.3 is 14.4 Å². The molecule has 0 saturated heterocycles. The molecule has 164 valence electrons. The van der Waals surface area contributed by atoms with Crippen molar-refractivity contribution in [1.29, 1.82) is 0 Å². The van der Waals surface area contributed by atoms with Gasteiger partial charge in [0.1, 0.15) is 16.4 Å². The molecule has 0 aliphatic heterocycles. The third-order valence-electron chi connectivity index (χ3n) is 5.10. The second-order valence-electron chi connectivity index (χ2n) is 7.40. The van der Waals surface area contributed by atoms with E-state index in [4.69, 9.17) is 9.51 Å². The molecule has 0 bridgehead atoms. The number of aromatic nitrogens is 5. The molecule has 8 nitrogen and oxygen atoms in total. The molecule has 5 aromatic rings. The normalized spacial score (nSPS) is 11.1. The third-order valence-corrected chi connectivity index (χ3v) is 5.86. The van der Waals surface area contributed by atoms with Gasteiger partial charge in [-0.05, 0) is 18.7 Å². The van der Waals surface area contributed by atoms with Gasteiger partial charge in [-0.2, -0.15) is 0 Å². The molecule has 4 aromatic heterocycles. The number of thiazole rings is 1. The zero-order chi connectivity index (χ0) is 22.6. The Kier molecular flexibility index (Phi) is 5.88. The van der Waals surface area contributed by atoms with Gasteiger partial charge in [0, 0.05) is 47.6 Å². The summed E-state index contributed by atoms with van der Waals surface area (Å²) in [7, 11) is 1.92. The van der Waals surface area contributed by atoms with E-state index in [-0.39, 0.29) is 5.56 Å². The Bertz CT molecular complexity index is 1420. The van der Waals surface area contributed by atoms with E-state index in [1.165, 1.54) is 23.0 Å². The van der Waals surface area contributed by atoms with Crippen molar-refractivity contribution in [3.8, 4) is 34.0 Å². The van der Waals surface area contributed by atoms with E-state index in [0.717, 1.165) is 28.4 Å². The van der Waals surface area contributed by atoms with Crippen LogP contribution in [0.25, 0.3) is 34.0 Å². The second kappa shape index (κ2) is 9.27. The van der Waals surface area contributed by atoms with Crippen LogP contribution in [-0.4, -0.2) is 31.7 Å². The summed E-state index contributed by atoms with van der Waals surface area (Å²) in [5.41, 5.74) is 4.76. The van der Waals surface area contributed by atoms with Crippen LogP contribution in [0.5, 0.6) is 0 Å². The van der Waals surface area contributed by atoms with Crippen LogP contribution >= 0.6 is 11.3 Å². The molecule has 9 heteroatoms. The topological polar surface area (TPSA) is 98.7 Å². The van der Waals surface area contributed by atoms with E-state index in [1.807, 2.05) is 30.6 Å².